The molecule has 0 aromatic heterocycles. The molecule has 3 N–H and O–H groups in total. The van der Waals surface area contributed by atoms with E-state index in [1.807, 2.05) is 0 Å². The van der Waals surface area contributed by atoms with Crippen LogP contribution < -0.4 is 5.64 Å². The number of rotatable bonds is 0. The zero-order valence-corrected chi connectivity index (χ0v) is 3.88. The molecule has 5 heavy (non-hydrogen) atoms. The molecule has 0 aliphatic carbocycles. The van der Waals surface area contributed by atoms with Gasteiger partial charge in [0.2, 0.25) is 0 Å². The number of quaternary nitrogens is 1. The number of hydrogen-bond acceptors (Lipinski definition) is 1. The average molecular weight is 87.9 g/mol. The van der Waals surface area contributed by atoms with Crippen molar-refractivity contribution in [1.29, 1.82) is 0 Å². The zero-order chi connectivity index (χ0) is 4.12. The van der Waals surface area contributed by atoms with Crippen LogP contribution >= 0.6 is 0 Å². The van der Waals surface area contributed by atoms with Gasteiger partial charge in [0.05, 0.1) is 5.40 Å². The molecule has 0 fully saturated rings. The lowest BCUT2D eigenvalue weighted by Crippen LogP contribution is -2.52. The summed E-state index contributed by atoms with van der Waals surface area (Å²) in [6.07, 6.45) is 0. The van der Waals surface area contributed by atoms with Gasteiger partial charge < -0.3 is 23.0 Å². The van der Waals surface area contributed by atoms with Crippen molar-refractivity contribution in [3.63, 3.8) is 0 Å². The Morgan fingerprint density at radius 2 is 2.60 bits per heavy atom. The van der Waals surface area contributed by atoms with Crippen LogP contribution in [0.25, 0.3) is 4.76 Å². The van der Waals surface area contributed by atoms with Gasteiger partial charge in [-0.1, -0.05) is 0 Å². The van der Waals surface area contributed by atoms with Crippen molar-refractivity contribution in [2.45, 2.75) is 0 Å². The van der Waals surface area contributed by atoms with Gasteiger partial charge >= 0.3 is 7.55 Å². The van der Waals surface area contributed by atoms with E-state index in [1.165, 1.54) is 0 Å². The Labute approximate surface area is 36.9 Å². The summed E-state index contributed by atoms with van der Waals surface area (Å²) in [5.74, 6) is 0. The molecule has 0 aliphatic heterocycles. The molecule has 0 bridgehead atoms. The highest BCUT2D eigenvalue weighted by atomic mass is 32.1. The molecule has 0 aromatic carbocycles. The van der Waals surface area contributed by atoms with Crippen molar-refractivity contribution < 1.29 is 5.64 Å². The molecule has 0 atom stereocenters. The standard InChI is InChI=1S/CH5BN2S/c3-2-4-1-5/h2H2,3H3. The van der Waals surface area contributed by atoms with E-state index < -0.39 is 0 Å². The zero-order valence-electron chi connectivity index (χ0n) is 3.06. The lowest BCUT2D eigenvalue weighted by Gasteiger charge is -1.61. The van der Waals surface area contributed by atoms with E-state index in [0.717, 1.165) is 0 Å². The molecule has 0 aromatic rings. The van der Waals surface area contributed by atoms with Gasteiger partial charge in [0.15, 0.2) is 0 Å². The van der Waals surface area contributed by atoms with E-state index in [0.29, 0.717) is 0 Å². The Morgan fingerprint density at radius 3 is 2.60 bits per heavy atom. The van der Waals surface area contributed by atoms with Crippen molar-refractivity contribution in [1.82, 2.24) is 0 Å². The van der Waals surface area contributed by atoms with Gasteiger partial charge in [-0.3, -0.25) is 0 Å². The Bertz CT molecular complexity index is 61.8. The summed E-state index contributed by atoms with van der Waals surface area (Å²) < 4.78 is 3.55. The summed E-state index contributed by atoms with van der Waals surface area (Å²) in [5.41, 5.74) is 3.50. The number of hydrogen-bond donors (Lipinski definition) is 1. The topological polar surface area (TPSA) is 32.0 Å². The monoisotopic (exact) mass is 88.0 g/mol. The molecular formula is CH5BN2S. The first-order valence-electron chi connectivity index (χ1n) is 1.58. The Morgan fingerprint density at radius 1 is 2.00 bits per heavy atom. The number of thiocyanates is 1. The van der Waals surface area contributed by atoms with Gasteiger partial charge in [0.1, 0.15) is 0 Å². The first kappa shape index (κ1) is 4.73. The van der Waals surface area contributed by atoms with Crippen LogP contribution in [-0.2, 0) is 12.6 Å². The van der Waals surface area contributed by atoms with Crippen LogP contribution in [0, 0.1) is 5.40 Å². The molecule has 0 spiro atoms. The highest BCUT2D eigenvalue weighted by molar-refractivity contribution is 7.64. The van der Waals surface area contributed by atoms with E-state index in [9.17, 15) is 0 Å². The van der Waals surface area contributed by atoms with Gasteiger partial charge in [-0.05, 0) is 0 Å². The first-order valence-corrected chi connectivity index (χ1v) is 1.99. The smallest absolute Gasteiger partial charge is 0.564 e. The second-order valence-corrected chi connectivity index (χ2v) is 0.814. The van der Waals surface area contributed by atoms with Crippen molar-refractivity contribution in [2.24, 2.45) is 0 Å². The maximum atomic E-state index is 4.23. The van der Waals surface area contributed by atoms with Gasteiger partial charge in [0.25, 0.3) is 0 Å². The fourth-order valence-corrected chi connectivity index (χ4v) is 0.194. The maximum Gasteiger partial charge on any atom is 0.564 e. The highest BCUT2D eigenvalue weighted by Gasteiger charge is 1.64. The van der Waals surface area contributed by atoms with Gasteiger partial charge in [-0.2, -0.15) is 0 Å². The van der Waals surface area contributed by atoms with Gasteiger partial charge in [0, 0.05) is 0 Å². The van der Waals surface area contributed by atoms with E-state index in [2.05, 4.69) is 28.4 Å². The summed E-state index contributed by atoms with van der Waals surface area (Å²) in [4.78, 5) is 0. The highest BCUT2D eigenvalue weighted by Crippen LogP contribution is 1.42. The summed E-state index contributed by atoms with van der Waals surface area (Å²) in [5, 5.41) is 2.22. The average Bonchev–Trinajstić information content (AvgIpc) is 1.41. The van der Waals surface area contributed by atoms with Crippen molar-refractivity contribution in [2.75, 3.05) is 0 Å². The van der Waals surface area contributed by atoms with Crippen LogP contribution in [-0.4, -0.2) is 7.55 Å². The van der Waals surface area contributed by atoms with Crippen molar-refractivity contribution in [3.8, 4) is 5.40 Å². The molecule has 0 aliphatic rings. The third-order valence-corrected chi connectivity index (χ3v) is 0.432. The van der Waals surface area contributed by atoms with E-state index in [4.69, 9.17) is 0 Å². The van der Waals surface area contributed by atoms with Gasteiger partial charge in [-0.15, -0.1) is 0 Å². The van der Waals surface area contributed by atoms with Crippen LogP contribution in [0.15, 0.2) is 0 Å². The summed E-state index contributed by atoms with van der Waals surface area (Å²) in [7, 11) is -0.333. The predicted octanol–water partition coefficient (Wildman–Crippen LogP) is -1.94. The minimum absolute atomic E-state index is 0.333. The fourth-order valence-electron chi connectivity index (χ4n) is 0.0645. The van der Waals surface area contributed by atoms with Crippen LogP contribution in [0.2, 0.25) is 0 Å². The molecule has 0 amide bonds. The molecule has 0 unspecified atom stereocenters. The minimum Gasteiger partial charge on any atom is -0.650 e. The second-order valence-electron chi connectivity index (χ2n) is 0.631. The predicted molar refractivity (Wildman–Crippen MR) is 26.0 cm³/mol. The van der Waals surface area contributed by atoms with Crippen LogP contribution in [0.3, 0.4) is 0 Å². The Kier molecular flexibility index (Phi) is 3.54. The van der Waals surface area contributed by atoms with Crippen molar-refractivity contribution in [3.05, 3.63) is 4.76 Å². The molecule has 0 radical (unpaired) electrons. The molecule has 0 saturated heterocycles. The molecule has 2 nitrogen and oxygen atoms in total. The Balaban J connectivity index is 2.81. The lowest BCUT2D eigenvalue weighted by molar-refractivity contribution is -0.177. The third-order valence-electron chi connectivity index (χ3n) is 0.249. The minimum atomic E-state index is -0.333. The third kappa shape index (κ3) is 3.73. The molecule has 4 heteroatoms. The van der Waals surface area contributed by atoms with Crippen LogP contribution in [0.4, 0.5) is 0 Å². The molecule has 0 saturated carbocycles. The van der Waals surface area contributed by atoms with E-state index in [-0.39, 0.29) is 7.55 Å². The molecular weight excluding hydrogens is 82.9 g/mol. The Hall–Kier alpha value is -0.265. The molecule has 0 rings (SSSR count). The van der Waals surface area contributed by atoms with Crippen LogP contribution in [0.1, 0.15) is 0 Å². The van der Waals surface area contributed by atoms with E-state index >= 15 is 0 Å². The van der Waals surface area contributed by atoms with Crippen LogP contribution in [0.5, 0.6) is 0 Å². The molecule has 0 heterocycles. The second kappa shape index (κ2) is 3.73. The fraction of sp³-hybridized carbons (Fsp3) is 0. The summed E-state index contributed by atoms with van der Waals surface area (Å²) in [6, 6.07) is 0. The maximum absolute atomic E-state index is 4.23. The summed E-state index contributed by atoms with van der Waals surface area (Å²) in [6.45, 7) is 0. The summed E-state index contributed by atoms with van der Waals surface area (Å²) >= 11 is 4.23. The van der Waals surface area contributed by atoms with Gasteiger partial charge in [-0.25, -0.2) is 0 Å². The normalized spacial score (nSPS) is 5.00. The van der Waals surface area contributed by atoms with Crippen molar-refractivity contribution >= 4 is 20.2 Å². The first-order chi connectivity index (χ1) is 2.41. The largest absolute Gasteiger partial charge is 0.650 e. The van der Waals surface area contributed by atoms with E-state index in [1.54, 1.807) is 0 Å². The quantitative estimate of drug-likeness (QED) is 0.208. The number of nitrogens with zero attached hydrogens (tertiary/aromatic N) is 1. The SMILES string of the molecule is [NH3+][BH2-][N+]#C[S-]. The lowest BCUT2D eigenvalue weighted by atomic mass is 10.3. The molecule has 28 valence electrons.